The molecular formula is C14H12Br2. The molecule has 0 amide bonds. The molecule has 1 unspecified atom stereocenters. The van der Waals surface area contributed by atoms with Crippen LogP contribution in [-0.2, 0) is 0 Å². The maximum Gasteiger partial charge on any atom is 0.0655 e. The van der Waals surface area contributed by atoms with Crippen LogP contribution in [0, 0.1) is 6.92 Å². The van der Waals surface area contributed by atoms with Crippen LogP contribution < -0.4 is 0 Å². The molecule has 0 saturated heterocycles. The van der Waals surface area contributed by atoms with Crippen molar-refractivity contribution < 1.29 is 0 Å². The molecule has 0 fully saturated rings. The van der Waals surface area contributed by atoms with Crippen molar-refractivity contribution in [3.8, 4) is 0 Å². The molecule has 0 spiro atoms. The molecule has 0 aliphatic carbocycles. The van der Waals surface area contributed by atoms with Gasteiger partial charge in [-0.05, 0) is 29.7 Å². The van der Waals surface area contributed by atoms with E-state index >= 15 is 0 Å². The highest BCUT2D eigenvalue weighted by Gasteiger charge is 2.12. The summed E-state index contributed by atoms with van der Waals surface area (Å²) in [5.41, 5.74) is 3.80. The van der Waals surface area contributed by atoms with Gasteiger partial charge in [-0.25, -0.2) is 0 Å². The molecule has 1 atom stereocenters. The Morgan fingerprint density at radius 1 is 1.00 bits per heavy atom. The molecular weight excluding hydrogens is 328 g/mol. The molecule has 82 valence electrons. The maximum atomic E-state index is 3.74. The standard InChI is InChI=1S/C14H12Br2/c1-10-7-8-12(13(15)9-10)14(16)11-5-3-2-4-6-11/h2-9,14H,1H3. The molecule has 0 nitrogen and oxygen atoms in total. The minimum atomic E-state index is 0.240. The summed E-state index contributed by atoms with van der Waals surface area (Å²) in [4.78, 5) is 0.240. The van der Waals surface area contributed by atoms with Crippen LogP contribution in [-0.4, -0.2) is 0 Å². The van der Waals surface area contributed by atoms with Gasteiger partial charge in [0.15, 0.2) is 0 Å². The minimum Gasteiger partial charge on any atom is -0.0786 e. The number of aryl methyl sites for hydroxylation is 1. The van der Waals surface area contributed by atoms with E-state index in [0.29, 0.717) is 0 Å². The fourth-order valence-electron chi connectivity index (χ4n) is 1.64. The summed E-state index contributed by atoms with van der Waals surface area (Å²) in [5.74, 6) is 0. The highest BCUT2D eigenvalue weighted by molar-refractivity contribution is 9.11. The third-order valence-electron chi connectivity index (χ3n) is 2.52. The van der Waals surface area contributed by atoms with Crippen LogP contribution >= 0.6 is 31.9 Å². The second-order valence-corrected chi connectivity index (χ2v) is 5.57. The molecule has 0 aliphatic rings. The quantitative estimate of drug-likeness (QED) is 0.656. The van der Waals surface area contributed by atoms with Gasteiger partial charge in [-0.15, -0.1) is 0 Å². The summed E-state index contributed by atoms with van der Waals surface area (Å²) < 4.78 is 1.15. The predicted octanol–water partition coefficient (Wildman–Crippen LogP) is 5.24. The lowest BCUT2D eigenvalue weighted by molar-refractivity contribution is 1.16. The van der Waals surface area contributed by atoms with Crippen molar-refractivity contribution in [2.45, 2.75) is 11.8 Å². The lowest BCUT2D eigenvalue weighted by atomic mass is 10.0. The molecule has 0 aromatic heterocycles. The SMILES string of the molecule is Cc1ccc(C(Br)c2ccccc2)c(Br)c1. The highest BCUT2D eigenvalue weighted by Crippen LogP contribution is 2.35. The molecule has 0 radical (unpaired) electrons. The second-order valence-electron chi connectivity index (χ2n) is 3.80. The van der Waals surface area contributed by atoms with Gasteiger partial charge >= 0.3 is 0 Å². The predicted molar refractivity (Wildman–Crippen MR) is 76.1 cm³/mol. The topological polar surface area (TPSA) is 0 Å². The second kappa shape index (κ2) is 5.15. The third-order valence-corrected chi connectivity index (χ3v) is 4.23. The zero-order chi connectivity index (χ0) is 11.5. The Bertz CT molecular complexity index is 477. The van der Waals surface area contributed by atoms with Crippen molar-refractivity contribution in [3.63, 3.8) is 0 Å². The first-order valence-corrected chi connectivity index (χ1v) is 6.84. The number of rotatable bonds is 2. The molecule has 0 heterocycles. The Labute approximate surface area is 113 Å². The van der Waals surface area contributed by atoms with Crippen molar-refractivity contribution in [1.82, 2.24) is 0 Å². The van der Waals surface area contributed by atoms with Crippen LogP contribution in [0.3, 0.4) is 0 Å². The number of alkyl halides is 1. The van der Waals surface area contributed by atoms with Gasteiger partial charge in [0.2, 0.25) is 0 Å². The number of benzene rings is 2. The summed E-state index contributed by atoms with van der Waals surface area (Å²) in [5, 5.41) is 0. The van der Waals surface area contributed by atoms with E-state index in [0.717, 1.165) is 4.47 Å². The third kappa shape index (κ3) is 2.55. The smallest absolute Gasteiger partial charge is 0.0655 e. The molecule has 0 N–H and O–H groups in total. The molecule has 2 rings (SSSR count). The van der Waals surface area contributed by atoms with Gasteiger partial charge in [0.05, 0.1) is 4.83 Å². The molecule has 2 heteroatoms. The molecule has 0 aliphatic heterocycles. The van der Waals surface area contributed by atoms with Crippen molar-refractivity contribution in [1.29, 1.82) is 0 Å². The largest absolute Gasteiger partial charge is 0.0786 e. The first-order valence-electron chi connectivity index (χ1n) is 5.13. The van der Waals surface area contributed by atoms with E-state index in [-0.39, 0.29) is 4.83 Å². The van der Waals surface area contributed by atoms with Crippen LogP contribution in [0.4, 0.5) is 0 Å². The average Bonchev–Trinajstić information content (AvgIpc) is 2.29. The summed E-state index contributed by atoms with van der Waals surface area (Å²) >= 11 is 7.35. The fraction of sp³-hybridized carbons (Fsp3) is 0.143. The lowest BCUT2D eigenvalue weighted by Gasteiger charge is -2.13. The van der Waals surface area contributed by atoms with Crippen molar-refractivity contribution in [3.05, 3.63) is 69.7 Å². The Hall–Kier alpha value is -0.600. The summed E-state index contributed by atoms with van der Waals surface area (Å²) in [7, 11) is 0. The van der Waals surface area contributed by atoms with Gasteiger partial charge in [-0.1, -0.05) is 74.3 Å². The zero-order valence-corrected chi connectivity index (χ0v) is 12.1. The number of hydrogen-bond donors (Lipinski definition) is 0. The normalized spacial score (nSPS) is 12.4. The fourth-order valence-corrected chi connectivity index (χ4v) is 3.37. The lowest BCUT2D eigenvalue weighted by Crippen LogP contribution is -1.93. The molecule has 2 aromatic carbocycles. The van der Waals surface area contributed by atoms with Gasteiger partial charge < -0.3 is 0 Å². The molecule has 0 bridgehead atoms. The van der Waals surface area contributed by atoms with E-state index in [4.69, 9.17) is 0 Å². The summed E-state index contributed by atoms with van der Waals surface area (Å²) in [6, 6.07) is 16.9. The van der Waals surface area contributed by atoms with E-state index in [1.54, 1.807) is 0 Å². The van der Waals surface area contributed by atoms with E-state index in [1.165, 1.54) is 16.7 Å². The van der Waals surface area contributed by atoms with Gasteiger partial charge in [-0.2, -0.15) is 0 Å². The van der Waals surface area contributed by atoms with E-state index < -0.39 is 0 Å². The zero-order valence-electron chi connectivity index (χ0n) is 8.95. The van der Waals surface area contributed by atoms with Gasteiger partial charge in [0.1, 0.15) is 0 Å². The first kappa shape index (κ1) is 11.9. The Morgan fingerprint density at radius 2 is 1.69 bits per heavy atom. The van der Waals surface area contributed by atoms with Crippen LogP contribution in [0.15, 0.2) is 53.0 Å². The highest BCUT2D eigenvalue weighted by atomic mass is 79.9. The van der Waals surface area contributed by atoms with Crippen LogP contribution in [0.25, 0.3) is 0 Å². The Balaban J connectivity index is 2.38. The number of hydrogen-bond acceptors (Lipinski definition) is 0. The molecule has 16 heavy (non-hydrogen) atoms. The Morgan fingerprint density at radius 3 is 2.31 bits per heavy atom. The van der Waals surface area contributed by atoms with Crippen LogP contribution in [0.1, 0.15) is 21.5 Å². The molecule has 2 aromatic rings. The first-order chi connectivity index (χ1) is 7.68. The van der Waals surface area contributed by atoms with E-state index in [9.17, 15) is 0 Å². The van der Waals surface area contributed by atoms with Crippen LogP contribution in [0.2, 0.25) is 0 Å². The minimum absolute atomic E-state index is 0.240. The average molecular weight is 340 g/mol. The summed E-state index contributed by atoms with van der Waals surface area (Å²) in [6.45, 7) is 2.10. The monoisotopic (exact) mass is 338 g/mol. The van der Waals surface area contributed by atoms with Gasteiger partial charge in [0.25, 0.3) is 0 Å². The number of halogens is 2. The molecule has 0 saturated carbocycles. The summed E-state index contributed by atoms with van der Waals surface area (Å²) in [6.07, 6.45) is 0. The van der Waals surface area contributed by atoms with Crippen molar-refractivity contribution >= 4 is 31.9 Å². The van der Waals surface area contributed by atoms with E-state index in [1.807, 2.05) is 6.07 Å². The van der Waals surface area contributed by atoms with Gasteiger partial charge in [0, 0.05) is 4.47 Å². The Kier molecular flexibility index (Phi) is 3.82. The van der Waals surface area contributed by atoms with Crippen molar-refractivity contribution in [2.75, 3.05) is 0 Å². The van der Waals surface area contributed by atoms with Crippen molar-refractivity contribution in [2.24, 2.45) is 0 Å². The van der Waals surface area contributed by atoms with E-state index in [2.05, 4.69) is 81.2 Å². The van der Waals surface area contributed by atoms with Gasteiger partial charge in [-0.3, -0.25) is 0 Å². The van der Waals surface area contributed by atoms with Crippen LogP contribution in [0.5, 0.6) is 0 Å². The maximum absolute atomic E-state index is 3.74.